The predicted molar refractivity (Wildman–Crippen MR) is 96.2 cm³/mol. The number of amides is 2. The van der Waals surface area contributed by atoms with Crippen LogP contribution in [0.15, 0.2) is 18.3 Å². The van der Waals surface area contributed by atoms with Crippen LogP contribution in [0.3, 0.4) is 0 Å². The minimum absolute atomic E-state index is 0.0182. The van der Waals surface area contributed by atoms with Crippen molar-refractivity contribution in [3.8, 4) is 0 Å². The minimum Gasteiger partial charge on any atom is -0.481 e. The summed E-state index contributed by atoms with van der Waals surface area (Å²) in [6.07, 6.45) is 5.07. The molecule has 1 fully saturated rings. The first kappa shape index (κ1) is 19.7. The van der Waals surface area contributed by atoms with Crippen molar-refractivity contribution in [1.82, 2.24) is 15.2 Å². The van der Waals surface area contributed by atoms with Crippen molar-refractivity contribution < 1.29 is 19.5 Å². The number of carboxylic acid groups (broad SMARTS) is 1. The Labute approximate surface area is 152 Å². The molecule has 26 heavy (non-hydrogen) atoms. The number of aliphatic carboxylic acids is 1. The van der Waals surface area contributed by atoms with Crippen molar-refractivity contribution in [2.45, 2.75) is 57.5 Å². The monoisotopic (exact) mass is 362 g/mol. The smallest absolute Gasteiger partial charge is 0.305 e. The number of nitrogens with zero attached hydrogens (tertiary/aromatic N) is 2. The van der Waals surface area contributed by atoms with Gasteiger partial charge in [0.15, 0.2) is 0 Å². The Morgan fingerprint density at radius 3 is 2.77 bits per heavy atom. The number of rotatable bonds is 10. The zero-order valence-corrected chi connectivity index (χ0v) is 15.0. The van der Waals surface area contributed by atoms with Crippen molar-refractivity contribution in [3.05, 3.63) is 23.9 Å². The van der Waals surface area contributed by atoms with Crippen LogP contribution in [-0.4, -0.2) is 51.4 Å². The van der Waals surface area contributed by atoms with Gasteiger partial charge in [-0.15, -0.1) is 0 Å². The molecule has 8 heteroatoms. The summed E-state index contributed by atoms with van der Waals surface area (Å²) in [5, 5.41) is 11.4. The molecule has 0 aliphatic heterocycles. The normalized spacial score (nSPS) is 14.5. The van der Waals surface area contributed by atoms with E-state index in [-0.39, 0.29) is 30.8 Å². The van der Waals surface area contributed by atoms with Crippen LogP contribution in [-0.2, 0) is 20.8 Å². The molecule has 1 aromatic heterocycles. The van der Waals surface area contributed by atoms with Gasteiger partial charge in [-0.2, -0.15) is 0 Å². The van der Waals surface area contributed by atoms with E-state index < -0.39 is 12.0 Å². The Hall–Kier alpha value is -2.64. The van der Waals surface area contributed by atoms with Crippen LogP contribution in [0.4, 0.5) is 5.82 Å². The Morgan fingerprint density at radius 1 is 1.42 bits per heavy atom. The fourth-order valence-electron chi connectivity index (χ4n) is 2.83. The number of aromatic nitrogens is 1. The van der Waals surface area contributed by atoms with Crippen LogP contribution >= 0.6 is 0 Å². The largest absolute Gasteiger partial charge is 0.481 e. The molecule has 0 saturated heterocycles. The molecule has 1 atom stereocenters. The van der Waals surface area contributed by atoms with Crippen molar-refractivity contribution >= 4 is 23.6 Å². The fraction of sp³-hybridized carbons (Fsp3) is 0.556. The van der Waals surface area contributed by atoms with Gasteiger partial charge in [0.25, 0.3) is 0 Å². The summed E-state index contributed by atoms with van der Waals surface area (Å²) in [6, 6.07) is 3.32. The van der Waals surface area contributed by atoms with Gasteiger partial charge in [0.1, 0.15) is 5.82 Å². The van der Waals surface area contributed by atoms with Crippen molar-refractivity contribution in [3.63, 3.8) is 0 Å². The second kappa shape index (κ2) is 9.17. The minimum atomic E-state index is -0.968. The third kappa shape index (κ3) is 6.70. The van der Waals surface area contributed by atoms with E-state index in [0.717, 1.165) is 24.8 Å². The summed E-state index contributed by atoms with van der Waals surface area (Å²) >= 11 is 0. The van der Waals surface area contributed by atoms with Gasteiger partial charge in [-0.1, -0.05) is 0 Å². The van der Waals surface area contributed by atoms with Crippen molar-refractivity contribution in [2.24, 2.45) is 0 Å². The van der Waals surface area contributed by atoms with Gasteiger partial charge >= 0.3 is 5.97 Å². The molecular weight excluding hydrogens is 336 g/mol. The van der Waals surface area contributed by atoms with E-state index in [2.05, 4.69) is 10.3 Å². The molecule has 2 rings (SSSR count). The number of carboxylic acids is 1. The maximum atomic E-state index is 12.5. The summed E-state index contributed by atoms with van der Waals surface area (Å²) in [4.78, 5) is 40.8. The first-order valence-corrected chi connectivity index (χ1v) is 8.86. The van der Waals surface area contributed by atoms with Crippen LogP contribution in [0, 0.1) is 0 Å². The second-order valence-electron chi connectivity index (χ2n) is 6.76. The lowest BCUT2D eigenvalue weighted by atomic mass is 10.1. The number of nitrogen functional groups attached to an aromatic ring is 1. The number of pyridine rings is 1. The quantitative estimate of drug-likeness (QED) is 0.569. The van der Waals surface area contributed by atoms with Gasteiger partial charge in [-0.05, 0) is 50.3 Å². The Balaban J connectivity index is 1.79. The Kier molecular flexibility index (Phi) is 6.94. The molecule has 0 radical (unpaired) electrons. The molecule has 4 N–H and O–H groups in total. The molecular formula is C18H26N4O4. The standard InChI is InChI=1S/C18H26N4O4/c1-12(9-18(25)26)21-16(23)11-22(14-5-6-14)17(24)4-2-3-13-7-8-20-15(19)10-13/h7-8,10,12,14H,2-6,9,11H2,1H3,(H2,19,20)(H,21,23)(H,25,26). The topological polar surface area (TPSA) is 126 Å². The van der Waals surface area contributed by atoms with Gasteiger partial charge in [0.05, 0.1) is 13.0 Å². The highest BCUT2D eigenvalue weighted by atomic mass is 16.4. The molecule has 0 bridgehead atoms. The summed E-state index contributed by atoms with van der Waals surface area (Å²) in [6.45, 7) is 1.62. The lowest BCUT2D eigenvalue weighted by Crippen LogP contribution is -2.44. The number of carbonyl (C=O) groups excluding carboxylic acids is 2. The van der Waals surface area contributed by atoms with Crippen molar-refractivity contribution in [2.75, 3.05) is 12.3 Å². The molecule has 2 amide bonds. The zero-order valence-electron chi connectivity index (χ0n) is 15.0. The molecule has 1 aliphatic carbocycles. The summed E-state index contributed by atoms with van der Waals surface area (Å²) < 4.78 is 0. The summed E-state index contributed by atoms with van der Waals surface area (Å²) in [5.74, 6) is -0.873. The number of hydrogen-bond acceptors (Lipinski definition) is 5. The van der Waals surface area contributed by atoms with E-state index >= 15 is 0 Å². The van der Waals surface area contributed by atoms with Gasteiger partial charge < -0.3 is 21.1 Å². The molecule has 8 nitrogen and oxygen atoms in total. The second-order valence-corrected chi connectivity index (χ2v) is 6.76. The third-order valence-electron chi connectivity index (χ3n) is 4.21. The highest BCUT2D eigenvalue weighted by Crippen LogP contribution is 2.27. The van der Waals surface area contributed by atoms with E-state index in [0.29, 0.717) is 18.7 Å². The van der Waals surface area contributed by atoms with Gasteiger partial charge in [-0.25, -0.2) is 4.98 Å². The predicted octanol–water partition coefficient (Wildman–Crippen LogP) is 0.957. The first-order chi connectivity index (χ1) is 12.3. The average molecular weight is 362 g/mol. The van der Waals surface area contributed by atoms with E-state index in [4.69, 9.17) is 10.8 Å². The Morgan fingerprint density at radius 2 is 2.15 bits per heavy atom. The third-order valence-corrected chi connectivity index (χ3v) is 4.21. The zero-order chi connectivity index (χ0) is 19.1. The number of hydrogen-bond donors (Lipinski definition) is 3. The highest BCUT2D eigenvalue weighted by Gasteiger charge is 2.33. The molecule has 1 heterocycles. The molecule has 1 aromatic rings. The number of nitrogens with one attached hydrogen (secondary N) is 1. The molecule has 1 unspecified atom stereocenters. The first-order valence-electron chi connectivity index (χ1n) is 8.86. The lowest BCUT2D eigenvalue weighted by Gasteiger charge is -2.23. The molecule has 1 saturated carbocycles. The Bertz CT molecular complexity index is 660. The molecule has 0 spiro atoms. The molecule has 142 valence electrons. The van der Waals surface area contributed by atoms with E-state index in [1.54, 1.807) is 24.1 Å². The summed E-state index contributed by atoms with van der Waals surface area (Å²) in [5.41, 5.74) is 6.67. The van der Waals surface area contributed by atoms with Gasteiger partial charge in [0, 0.05) is 24.7 Å². The van der Waals surface area contributed by atoms with Crippen LogP contribution in [0.25, 0.3) is 0 Å². The van der Waals surface area contributed by atoms with E-state index in [1.165, 1.54) is 0 Å². The highest BCUT2D eigenvalue weighted by molar-refractivity contribution is 5.85. The maximum absolute atomic E-state index is 12.5. The number of carbonyl (C=O) groups is 3. The van der Waals surface area contributed by atoms with Gasteiger partial charge in [0.2, 0.25) is 11.8 Å². The molecule has 0 aromatic carbocycles. The van der Waals surface area contributed by atoms with E-state index in [9.17, 15) is 14.4 Å². The van der Waals surface area contributed by atoms with Crippen molar-refractivity contribution in [1.29, 1.82) is 0 Å². The number of anilines is 1. The van der Waals surface area contributed by atoms with Crippen LogP contribution in [0.2, 0.25) is 0 Å². The average Bonchev–Trinajstić information content (AvgIpc) is 3.36. The maximum Gasteiger partial charge on any atom is 0.305 e. The van der Waals surface area contributed by atoms with Crippen LogP contribution in [0.1, 0.15) is 44.6 Å². The van der Waals surface area contributed by atoms with E-state index in [1.807, 2.05) is 6.07 Å². The molecule has 1 aliphatic rings. The van der Waals surface area contributed by atoms with Crippen LogP contribution in [0.5, 0.6) is 0 Å². The number of aryl methyl sites for hydroxylation is 1. The SMILES string of the molecule is CC(CC(=O)O)NC(=O)CN(C(=O)CCCc1ccnc(N)c1)C1CC1. The summed E-state index contributed by atoms with van der Waals surface area (Å²) in [7, 11) is 0. The number of nitrogens with two attached hydrogens (primary N) is 1. The fourth-order valence-corrected chi connectivity index (χ4v) is 2.83. The lowest BCUT2D eigenvalue weighted by molar-refractivity contribution is -0.139. The van der Waals surface area contributed by atoms with Gasteiger partial charge in [-0.3, -0.25) is 14.4 Å². The van der Waals surface area contributed by atoms with Crippen LogP contribution < -0.4 is 11.1 Å².